The Morgan fingerprint density at radius 3 is 2.11 bits per heavy atom. The molecule has 4 heteroatoms. The number of sulfone groups is 1. The fourth-order valence-electron chi connectivity index (χ4n) is 1.89. The molecule has 0 aliphatic heterocycles. The van der Waals surface area contributed by atoms with E-state index in [1.165, 1.54) is 6.26 Å². The molecule has 0 saturated heterocycles. The van der Waals surface area contributed by atoms with Gasteiger partial charge >= 0.3 is 0 Å². The Balaban J connectivity index is 2.47. The number of rotatable bonds is 2. The van der Waals surface area contributed by atoms with Crippen LogP contribution in [0.15, 0.2) is 47.4 Å². The summed E-state index contributed by atoms with van der Waals surface area (Å²) in [7, 11) is -3.14. The minimum atomic E-state index is -3.14. The van der Waals surface area contributed by atoms with Crippen LogP contribution in [0, 0.1) is 6.92 Å². The zero-order valence-electron chi connectivity index (χ0n) is 10.3. The molecule has 0 aliphatic rings. The van der Waals surface area contributed by atoms with E-state index in [9.17, 15) is 8.42 Å². The summed E-state index contributed by atoms with van der Waals surface area (Å²) >= 11 is 0. The summed E-state index contributed by atoms with van der Waals surface area (Å²) in [5.74, 6) is 0. The largest absolute Gasteiger partial charge is 0.399 e. The Hall–Kier alpha value is -1.81. The Bertz CT molecular complexity index is 673. The Kier molecular flexibility index (Phi) is 3.13. The van der Waals surface area contributed by atoms with Crippen molar-refractivity contribution in [2.75, 3.05) is 12.0 Å². The third-order valence-electron chi connectivity index (χ3n) is 2.84. The van der Waals surface area contributed by atoms with E-state index in [0.717, 1.165) is 22.4 Å². The molecule has 0 amide bonds. The van der Waals surface area contributed by atoms with Crippen LogP contribution in [-0.2, 0) is 9.84 Å². The van der Waals surface area contributed by atoms with Gasteiger partial charge in [0, 0.05) is 11.9 Å². The van der Waals surface area contributed by atoms with Gasteiger partial charge in [-0.2, -0.15) is 0 Å². The van der Waals surface area contributed by atoms with Crippen LogP contribution in [-0.4, -0.2) is 14.7 Å². The summed E-state index contributed by atoms with van der Waals surface area (Å²) in [6.45, 7) is 1.98. The first-order chi connectivity index (χ1) is 8.38. The lowest BCUT2D eigenvalue weighted by Gasteiger charge is -2.07. The van der Waals surface area contributed by atoms with E-state index in [0.29, 0.717) is 4.90 Å². The Morgan fingerprint density at radius 2 is 1.61 bits per heavy atom. The van der Waals surface area contributed by atoms with E-state index in [2.05, 4.69) is 0 Å². The molecule has 2 rings (SSSR count). The fourth-order valence-corrected chi connectivity index (χ4v) is 2.52. The van der Waals surface area contributed by atoms with E-state index < -0.39 is 9.84 Å². The number of aryl methyl sites for hydroxylation is 1. The summed E-state index contributed by atoms with van der Waals surface area (Å²) in [4.78, 5) is 0.333. The lowest BCUT2D eigenvalue weighted by molar-refractivity contribution is 0.602. The molecule has 0 saturated carbocycles. The quantitative estimate of drug-likeness (QED) is 0.845. The van der Waals surface area contributed by atoms with Crippen LogP contribution < -0.4 is 5.73 Å². The average Bonchev–Trinajstić information content (AvgIpc) is 2.28. The highest BCUT2D eigenvalue weighted by atomic mass is 32.2. The number of hydrogen-bond acceptors (Lipinski definition) is 3. The van der Waals surface area contributed by atoms with Crippen LogP contribution in [0.1, 0.15) is 5.56 Å². The van der Waals surface area contributed by atoms with Gasteiger partial charge in [0.25, 0.3) is 0 Å². The van der Waals surface area contributed by atoms with Gasteiger partial charge < -0.3 is 5.73 Å². The third-order valence-corrected chi connectivity index (χ3v) is 3.97. The van der Waals surface area contributed by atoms with Gasteiger partial charge in [0.15, 0.2) is 9.84 Å². The van der Waals surface area contributed by atoms with Crippen molar-refractivity contribution in [1.82, 2.24) is 0 Å². The Morgan fingerprint density at radius 1 is 1.00 bits per heavy atom. The van der Waals surface area contributed by atoms with Gasteiger partial charge in [-0.05, 0) is 47.9 Å². The molecule has 0 unspecified atom stereocenters. The van der Waals surface area contributed by atoms with Crippen molar-refractivity contribution >= 4 is 15.5 Å². The average molecular weight is 261 g/mol. The van der Waals surface area contributed by atoms with Gasteiger partial charge in [0.05, 0.1) is 4.90 Å². The molecule has 3 nitrogen and oxygen atoms in total. The second-order valence-corrected chi connectivity index (χ2v) is 6.39. The van der Waals surface area contributed by atoms with E-state index in [1.807, 2.05) is 37.3 Å². The van der Waals surface area contributed by atoms with E-state index in [-0.39, 0.29) is 0 Å². The zero-order chi connectivity index (χ0) is 13.3. The van der Waals surface area contributed by atoms with Gasteiger partial charge in [-0.15, -0.1) is 0 Å². The lowest BCUT2D eigenvalue weighted by atomic mass is 10.0. The molecule has 2 aromatic rings. The van der Waals surface area contributed by atoms with Crippen LogP contribution in [0.3, 0.4) is 0 Å². The third kappa shape index (κ3) is 2.54. The minimum Gasteiger partial charge on any atom is -0.399 e. The van der Waals surface area contributed by atoms with Gasteiger partial charge in [0.1, 0.15) is 0 Å². The number of nitrogens with two attached hydrogens (primary N) is 1. The molecule has 0 radical (unpaired) electrons. The van der Waals surface area contributed by atoms with Gasteiger partial charge in [-0.1, -0.05) is 18.2 Å². The maximum Gasteiger partial charge on any atom is 0.175 e. The predicted octanol–water partition coefficient (Wildman–Crippen LogP) is 2.65. The minimum absolute atomic E-state index is 0.333. The summed E-state index contributed by atoms with van der Waals surface area (Å²) in [6.07, 6.45) is 1.20. The van der Waals surface area contributed by atoms with E-state index in [1.54, 1.807) is 12.1 Å². The van der Waals surface area contributed by atoms with Crippen LogP contribution in [0.5, 0.6) is 0 Å². The van der Waals surface area contributed by atoms with Crippen molar-refractivity contribution in [1.29, 1.82) is 0 Å². The summed E-state index contributed by atoms with van der Waals surface area (Å²) in [5, 5.41) is 0. The van der Waals surface area contributed by atoms with E-state index in [4.69, 9.17) is 5.73 Å². The van der Waals surface area contributed by atoms with Crippen molar-refractivity contribution in [3.8, 4) is 11.1 Å². The number of nitrogen functional groups attached to an aromatic ring is 1. The predicted molar refractivity (Wildman–Crippen MR) is 74.1 cm³/mol. The van der Waals surface area contributed by atoms with Crippen molar-refractivity contribution in [2.24, 2.45) is 0 Å². The topological polar surface area (TPSA) is 60.2 Å². The molecule has 0 spiro atoms. The number of hydrogen-bond donors (Lipinski definition) is 1. The van der Waals surface area contributed by atoms with Crippen molar-refractivity contribution in [2.45, 2.75) is 11.8 Å². The van der Waals surface area contributed by atoms with Crippen molar-refractivity contribution < 1.29 is 8.42 Å². The maximum absolute atomic E-state index is 11.4. The highest BCUT2D eigenvalue weighted by Gasteiger charge is 2.07. The summed E-state index contributed by atoms with van der Waals surface area (Å²) < 4.78 is 22.8. The smallest absolute Gasteiger partial charge is 0.175 e. The first-order valence-electron chi connectivity index (χ1n) is 5.54. The molecule has 0 aliphatic carbocycles. The van der Waals surface area contributed by atoms with E-state index >= 15 is 0 Å². The first-order valence-corrected chi connectivity index (χ1v) is 7.44. The second-order valence-electron chi connectivity index (χ2n) is 4.37. The first kappa shape index (κ1) is 12.6. The molecule has 0 bridgehead atoms. The highest BCUT2D eigenvalue weighted by Crippen LogP contribution is 2.26. The van der Waals surface area contributed by atoms with Crippen LogP contribution in [0.2, 0.25) is 0 Å². The Labute approximate surface area is 107 Å². The SMILES string of the molecule is Cc1cc(N)ccc1-c1ccc(S(C)(=O)=O)cc1. The second kappa shape index (κ2) is 4.46. The summed E-state index contributed by atoms with van der Waals surface area (Å²) in [6, 6.07) is 12.6. The number of anilines is 1. The molecular weight excluding hydrogens is 246 g/mol. The number of benzene rings is 2. The molecule has 0 aromatic heterocycles. The van der Waals surface area contributed by atoms with Crippen molar-refractivity contribution in [3.63, 3.8) is 0 Å². The van der Waals surface area contributed by atoms with Gasteiger partial charge in [-0.3, -0.25) is 0 Å². The van der Waals surface area contributed by atoms with Gasteiger partial charge in [0.2, 0.25) is 0 Å². The zero-order valence-corrected chi connectivity index (χ0v) is 11.2. The van der Waals surface area contributed by atoms with Gasteiger partial charge in [-0.25, -0.2) is 8.42 Å². The normalized spacial score (nSPS) is 11.4. The van der Waals surface area contributed by atoms with Crippen LogP contribution >= 0.6 is 0 Å². The standard InChI is InChI=1S/C14H15NO2S/c1-10-9-12(15)5-8-14(10)11-3-6-13(7-4-11)18(2,16)17/h3-9H,15H2,1-2H3. The molecule has 0 fully saturated rings. The van der Waals surface area contributed by atoms with Crippen LogP contribution in [0.25, 0.3) is 11.1 Å². The molecular formula is C14H15NO2S. The molecule has 2 aromatic carbocycles. The molecule has 18 heavy (non-hydrogen) atoms. The fraction of sp³-hybridized carbons (Fsp3) is 0.143. The monoisotopic (exact) mass is 261 g/mol. The lowest BCUT2D eigenvalue weighted by Crippen LogP contribution is -1.96. The molecule has 94 valence electrons. The van der Waals surface area contributed by atoms with Crippen molar-refractivity contribution in [3.05, 3.63) is 48.0 Å². The maximum atomic E-state index is 11.4. The molecule has 0 atom stereocenters. The van der Waals surface area contributed by atoms with Crippen LogP contribution in [0.4, 0.5) is 5.69 Å². The molecule has 0 heterocycles. The highest BCUT2D eigenvalue weighted by molar-refractivity contribution is 7.90. The summed E-state index contributed by atoms with van der Waals surface area (Å²) in [5.41, 5.74) is 9.55. The molecule has 2 N–H and O–H groups in total.